The Morgan fingerprint density at radius 3 is 2.16 bits per heavy atom. The highest BCUT2D eigenvalue weighted by molar-refractivity contribution is 9.10. The molecule has 0 aliphatic carbocycles. The van der Waals surface area contributed by atoms with Gasteiger partial charge in [-0.25, -0.2) is 8.42 Å². The van der Waals surface area contributed by atoms with E-state index in [1.54, 1.807) is 43.3 Å². The van der Waals surface area contributed by atoms with Gasteiger partial charge >= 0.3 is 0 Å². The average molecular weight is 601 g/mol. The molecule has 1 atom stereocenters. The number of nitrogens with zero attached hydrogens (tertiary/aromatic N) is 2. The molecule has 7 nitrogen and oxygen atoms in total. The van der Waals surface area contributed by atoms with E-state index in [1.807, 2.05) is 52.0 Å². The van der Waals surface area contributed by atoms with Crippen LogP contribution in [-0.4, -0.2) is 43.8 Å². The van der Waals surface area contributed by atoms with E-state index in [0.29, 0.717) is 10.2 Å². The van der Waals surface area contributed by atoms with Crippen molar-refractivity contribution in [3.05, 3.63) is 94.0 Å². The minimum absolute atomic E-state index is 0.0757. The Morgan fingerprint density at radius 2 is 1.55 bits per heavy atom. The van der Waals surface area contributed by atoms with Gasteiger partial charge in [0.2, 0.25) is 11.8 Å². The van der Waals surface area contributed by atoms with Crippen molar-refractivity contribution in [2.75, 3.05) is 10.8 Å². The van der Waals surface area contributed by atoms with Crippen LogP contribution in [0.15, 0.2) is 82.2 Å². The highest BCUT2D eigenvalue weighted by Gasteiger charge is 2.32. The molecule has 0 aliphatic heterocycles. The fourth-order valence-corrected chi connectivity index (χ4v) is 5.79. The van der Waals surface area contributed by atoms with E-state index in [1.165, 1.54) is 17.0 Å². The molecule has 3 aromatic carbocycles. The van der Waals surface area contributed by atoms with E-state index >= 15 is 0 Å². The average Bonchev–Trinajstić information content (AvgIpc) is 2.85. The molecule has 0 heterocycles. The number of aryl methyl sites for hydroxylation is 2. The van der Waals surface area contributed by atoms with E-state index in [2.05, 4.69) is 21.2 Å². The number of benzene rings is 3. The van der Waals surface area contributed by atoms with E-state index in [4.69, 9.17) is 0 Å². The molecule has 0 saturated carbocycles. The van der Waals surface area contributed by atoms with Gasteiger partial charge in [-0.1, -0.05) is 69.5 Å². The third kappa shape index (κ3) is 7.45. The molecule has 38 heavy (non-hydrogen) atoms. The van der Waals surface area contributed by atoms with Crippen LogP contribution in [0.4, 0.5) is 5.69 Å². The van der Waals surface area contributed by atoms with E-state index in [9.17, 15) is 18.0 Å². The van der Waals surface area contributed by atoms with Crippen LogP contribution in [0.1, 0.15) is 37.5 Å². The Bertz CT molecular complexity index is 1390. The number of halogens is 1. The quantitative estimate of drug-likeness (QED) is 0.347. The molecule has 0 spiro atoms. The lowest BCUT2D eigenvalue weighted by atomic mass is 10.1. The molecule has 1 unspecified atom stereocenters. The van der Waals surface area contributed by atoms with Gasteiger partial charge in [0, 0.05) is 17.1 Å². The van der Waals surface area contributed by atoms with Crippen LogP contribution in [0.2, 0.25) is 0 Å². The van der Waals surface area contributed by atoms with Crippen LogP contribution >= 0.6 is 15.9 Å². The van der Waals surface area contributed by atoms with Gasteiger partial charge in [-0.3, -0.25) is 13.9 Å². The van der Waals surface area contributed by atoms with E-state index in [0.717, 1.165) is 21.0 Å². The predicted octanol–water partition coefficient (Wildman–Crippen LogP) is 5.20. The van der Waals surface area contributed by atoms with Crippen LogP contribution in [0.5, 0.6) is 0 Å². The van der Waals surface area contributed by atoms with Crippen LogP contribution < -0.4 is 9.62 Å². The lowest BCUT2D eigenvalue weighted by Crippen LogP contribution is -2.52. The van der Waals surface area contributed by atoms with Crippen molar-refractivity contribution in [1.29, 1.82) is 0 Å². The first-order chi connectivity index (χ1) is 17.9. The Labute approximate surface area is 234 Å². The molecule has 0 radical (unpaired) electrons. The summed E-state index contributed by atoms with van der Waals surface area (Å²) in [5.74, 6) is -0.801. The summed E-state index contributed by atoms with van der Waals surface area (Å²) in [5.41, 5.74) is 3.12. The van der Waals surface area contributed by atoms with Crippen LogP contribution in [-0.2, 0) is 26.2 Å². The Kier molecular flexibility index (Phi) is 9.73. The van der Waals surface area contributed by atoms with Crippen LogP contribution in [0.3, 0.4) is 0 Å². The number of carbonyl (C=O) groups is 2. The molecule has 3 rings (SSSR count). The summed E-state index contributed by atoms with van der Waals surface area (Å²) in [6.07, 6.45) is 0. The molecule has 0 aliphatic rings. The standard InChI is InChI=1S/C29H34BrN3O4S/c1-20(2)31-29(35)23(5)32(18-24-9-6-8-22(4)16-24)28(34)19-33(26-11-7-10-25(30)17-26)38(36,37)27-14-12-21(3)13-15-27/h6-17,20,23H,18-19H2,1-5H3,(H,31,35). The minimum Gasteiger partial charge on any atom is -0.352 e. The third-order valence-electron chi connectivity index (χ3n) is 6.02. The summed E-state index contributed by atoms with van der Waals surface area (Å²) >= 11 is 3.40. The minimum atomic E-state index is -4.10. The second-order valence-corrected chi connectivity index (χ2v) is 12.4. The molecule has 0 fully saturated rings. The number of hydrogen-bond acceptors (Lipinski definition) is 4. The van der Waals surface area contributed by atoms with Gasteiger partial charge in [-0.2, -0.15) is 0 Å². The number of rotatable bonds is 10. The topological polar surface area (TPSA) is 86.8 Å². The maximum atomic E-state index is 13.9. The maximum Gasteiger partial charge on any atom is 0.264 e. The van der Waals surface area contributed by atoms with Crippen molar-refractivity contribution in [3.63, 3.8) is 0 Å². The molecular weight excluding hydrogens is 566 g/mol. The summed E-state index contributed by atoms with van der Waals surface area (Å²) in [5, 5.41) is 2.86. The van der Waals surface area contributed by atoms with Gasteiger partial charge in [-0.15, -0.1) is 0 Å². The summed E-state index contributed by atoms with van der Waals surface area (Å²) in [6.45, 7) is 8.86. The van der Waals surface area contributed by atoms with Crippen molar-refractivity contribution in [3.8, 4) is 0 Å². The number of carbonyl (C=O) groups excluding carboxylic acids is 2. The van der Waals surface area contributed by atoms with Crippen LogP contribution in [0, 0.1) is 13.8 Å². The van der Waals surface area contributed by atoms with Gasteiger partial charge in [0.15, 0.2) is 0 Å². The zero-order chi connectivity index (χ0) is 28.0. The Morgan fingerprint density at radius 1 is 0.895 bits per heavy atom. The largest absolute Gasteiger partial charge is 0.352 e. The molecule has 0 bridgehead atoms. The molecule has 0 saturated heterocycles. The van der Waals surface area contributed by atoms with Crippen molar-refractivity contribution < 1.29 is 18.0 Å². The molecule has 9 heteroatoms. The summed E-state index contributed by atoms with van der Waals surface area (Å²) in [7, 11) is -4.10. The van der Waals surface area contributed by atoms with E-state index < -0.39 is 28.5 Å². The second kappa shape index (κ2) is 12.6. The van der Waals surface area contributed by atoms with Crippen LogP contribution in [0.25, 0.3) is 0 Å². The van der Waals surface area contributed by atoms with Gasteiger partial charge in [0.1, 0.15) is 12.6 Å². The number of anilines is 1. The van der Waals surface area contributed by atoms with Crippen molar-refractivity contribution >= 4 is 43.5 Å². The van der Waals surface area contributed by atoms with Gasteiger partial charge < -0.3 is 10.2 Å². The summed E-state index contributed by atoms with van der Waals surface area (Å²) < 4.78 is 29.4. The second-order valence-electron chi connectivity index (χ2n) is 9.65. The summed E-state index contributed by atoms with van der Waals surface area (Å²) in [6, 6.07) is 20.0. The third-order valence-corrected chi connectivity index (χ3v) is 8.30. The molecular formula is C29H34BrN3O4S. The highest BCUT2D eigenvalue weighted by Crippen LogP contribution is 2.27. The van der Waals surface area contributed by atoms with Gasteiger partial charge in [0.05, 0.1) is 10.6 Å². The zero-order valence-corrected chi connectivity index (χ0v) is 24.7. The fraction of sp³-hybridized carbons (Fsp3) is 0.310. The molecule has 3 aromatic rings. The molecule has 0 aromatic heterocycles. The first-order valence-corrected chi connectivity index (χ1v) is 14.6. The molecule has 1 N–H and O–H groups in total. The SMILES string of the molecule is Cc1ccc(S(=O)(=O)N(CC(=O)N(Cc2cccc(C)c2)C(C)C(=O)NC(C)C)c2cccc(Br)c2)cc1. The van der Waals surface area contributed by atoms with Crippen molar-refractivity contribution in [2.24, 2.45) is 0 Å². The lowest BCUT2D eigenvalue weighted by molar-refractivity contribution is -0.139. The smallest absolute Gasteiger partial charge is 0.264 e. The molecule has 2 amide bonds. The number of amides is 2. The Hall–Kier alpha value is -3.17. The maximum absolute atomic E-state index is 13.9. The van der Waals surface area contributed by atoms with Crippen molar-refractivity contribution in [1.82, 2.24) is 10.2 Å². The van der Waals surface area contributed by atoms with Gasteiger partial charge in [-0.05, 0) is 70.5 Å². The zero-order valence-electron chi connectivity index (χ0n) is 22.3. The van der Waals surface area contributed by atoms with E-state index in [-0.39, 0.29) is 23.4 Å². The summed E-state index contributed by atoms with van der Waals surface area (Å²) in [4.78, 5) is 28.4. The number of nitrogens with one attached hydrogen (secondary N) is 1. The lowest BCUT2D eigenvalue weighted by Gasteiger charge is -2.32. The first kappa shape index (κ1) is 29.4. The Balaban J connectivity index is 2.03. The monoisotopic (exact) mass is 599 g/mol. The fourth-order valence-electron chi connectivity index (χ4n) is 3.99. The normalized spacial score (nSPS) is 12.2. The highest BCUT2D eigenvalue weighted by atomic mass is 79.9. The van der Waals surface area contributed by atoms with Gasteiger partial charge in [0.25, 0.3) is 10.0 Å². The first-order valence-electron chi connectivity index (χ1n) is 12.4. The number of sulfonamides is 1. The predicted molar refractivity (Wildman–Crippen MR) is 154 cm³/mol. The number of hydrogen-bond donors (Lipinski definition) is 1. The molecule has 202 valence electrons. The van der Waals surface area contributed by atoms with Crippen molar-refractivity contribution in [2.45, 2.75) is 58.1 Å².